The molecule has 0 bridgehead atoms. The fourth-order valence-electron chi connectivity index (χ4n) is 3.58. The van der Waals surface area contributed by atoms with Crippen LogP contribution >= 0.6 is 0 Å². The molecule has 0 aromatic heterocycles. The average Bonchev–Trinajstić information content (AvgIpc) is 2.87. The third-order valence-corrected chi connectivity index (χ3v) is 7.19. The Kier molecular flexibility index (Phi) is 7.11. The van der Waals surface area contributed by atoms with Crippen molar-refractivity contribution in [3.63, 3.8) is 0 Å². The van der Waals surface area contributed by atoms with Gasteiger partial charge in [-0.05, 0) is 55.0 Å². The van der Waals surface area contributed by atoms with Gasteiger partial charge in [0.05, 0.1) is 23.3 Å². The van der Waals surface area contributed by atoms with E-state index in [1.807, 2.05) is 0 Å². The number of methoxy groups -OCH3 is 1. The zero-order chi connectivity index (χ0) is 25.9. The van der Waals surface area contributed by atoms with E-state index in [0.717, 1.165) is 10.4 Å². The molecule has 0 aliphatic carbocycles. The van der Waals surface area contributed by atoms with E-state index >= 15 is 0 Å². The summed E-state index contributed by atoms with van der Waals surface area (Å²) in [7, 11) is -3.10. The van der Waals surface area contributed by atoms with Crippen LogP contribution in [0.4, 0.5) is 15.8 Å². The molecule has 1 N–H and O–H groups in total. The number of hydrogen-bond acceptors (Lipinski definition) is 7. The van der Waals surface area contributed by atoms with Crippen molar-refractivity contribution in [2.75, 3.05) is 36.5 Å². The molecule has 3 aromatic carbocycles. The van der Waals surface area contributed by atoms with Gasteiger partial charge < -0.3 is 19.5 Å². The van der Waals surface area contributed by atoms with Crippen LogP contribution < -0.4 is 19.1 Å². The summed E-state index contributed by atoms with van der Waals surface area (Å²) in [5.74, 6) is -1.31. The first kappa shape index (κ1) is 25.0. The summed E-state index contributed by atoms with van der Waals surface area (Å²) in [5.41, 5.74) is 1.12. The standard InChI is InChI=1S/C25H23FN2O7S/c1-16-6-7-17(25(30)33-2)12-21(16)27-24(29)15-28(19-5-3-4-18(26)13-19)36(31,32)20-8-9-22-23(14-20)35-11-10-34-22/h3-9,12-14H,10-11,15H2,1-2H3,(H,27,29). The molecule has 1 heterocycles. The van der Waals surface area contributed by atoms with Crippen molar-refractivity contribution in [2.24, 2.45) is 0 Å². The number of amides is 1. The number of aryl methyl sites for hydroxylation is 1. The fourth-order valence-corrected chi connectivity index (χ4v) is 5.01. The summed E-state index contributed by atoms with van der Waals surface area (Å²) in [4.78, 5) is 24.7. The van der Waals surface area contributed by atoms with Crippen molar-refractivity contribution in [2.45, 2.75) is 11.8 Å². The number of sulfonamides is 1. The van der Waals surface area contributed by atoms with Gasteiger partial charge in [-0.1, -0.05) is 12.1 Å². The number of anilines is 2. The molecule has 0 unspecified atom stereocenters. The van der Waals surface area contributed by atoms with Crippen molar-refractivity contribution >= 4 is 33.3 Å². The van der Waals surface area contributed by atoms with Gasteiger partial charge in [-0.2, -0.15) is 0 Å². The number of fused-ring (bicyclic) bond motifs is 1. The van der Waals surface area contributed by atoms with Gasteiger partial charge in [-0.3, -0.25) is 9.10 Å². The zero-order valence-electron chi connectivity index (χ0n) is 19.5. The van der Waals surface area contributed by atoms with Crippen molar-refractivity contribution < 1.29 is 36.6 Å². The predicted octanol–water partition coefficient (Wildman–Crippen LogP) is 3.53. The van der Waals surface area contributed by atoms with E-state index in [4.69, 9.17) is 14.2 Å². The Morgan fingerprint density at radius 1 is 1.03 bits per heavy atom. The van der Waals surface area contributed by atoms with Gasteiger partial charge in [0.15, 0.2) is 11.5 Å². The molecular formula is C25H23FN2O7S. The minimum absolute atomic E-state index is 0.0416. The van der Waals surface area contributed by atoms with Gasteiger partial charge in [-0.15, -0.1) is 0 Å². The van der Waals surface area contributed by atoms with E-state index in [0.29, 0.717) is 23.6 Å². The lowest BCUT2D eigenvalue weighted by atomic mass is 10.1. The number of benzene rings is 3. The summed E-state index contributed by atoms with van der Waals surface area (Å²) in [5, 5.41) is 2.63. The molecule has 11 heteroatoms. The van der Waals surface area contributed by atoms with Gasteiger partial charge in [0.1, 0.15) is 25.6 Å². The number of nitrogens with one attached hydrogen (secondary N) is 1. The number of hydrogen-bond donors (Lipinski definition) is 1. The maximum Gasteiger partial charge on any atom is 0.337 e. The van der Waals surface area contributed by atoms with Gasteiger partial charge in [-0.25, -0.2) is 17.6 Å². The molecule has 3 aromatic rings. The Balaban J connectivity index is 1.67. The highest BCUT2D eigenvalue weighted by Crippen LogP contribution is 2.34. The second-order valence-corrected chi connectivity index (χ2v) is 9.73. The van der Waals surface area contributed by atoms with E-state index in [1.54, 1.807) is 19.1 Å². The van der Waals surface area contributed by atoms with Crippen molar-refractivity contribution in [3.05, 3.63) is 77.6 Å². The van der Waals surface area contributed by atoms with Crippen molar-refractivity contribution in [1.82, 2.24) is 0 Å². The van der Waals surface area contributed by atoms with Crippen LogP contribution in [0.2, 0.25) is 0 Å². The molecule has 0 radical (unpaired) electrons. The van der Waals surface area contributed by atoms with Gasteiger partial charge in [0.25, 0.3) is 10.0 Å². The number of nitrogens with zero attached hydrogens (tertiary/aromatic N) is 1. The maximum absolute atomic E-state index is 14.0. The molecule has 0 saturated carbocycles. The number of carbonyl (C=O) groups is 2. The molecule has 188 valence electrons. The number of halogens is 1. The van der Waals surface area contributed by atoms with Gasteiger partial charge in [0, 0.05) is 11.8 Å². The van der Waals surface area contributed by atoms with Crippen LogP contribution in [0, 0.1) is 12.7 Å². The first-order chi connectivity index (χ1) is 17.2. The maximum atomic E-state index is 14.0. The van der Waals surface area contributed by atoms with Gasteiger partial charge in [0.2, 0.25) is 5.91 Å². The highest BCUT2D eigenvalue weighted by Gasteiger charge is 2.29. The lowest BCUT2D eigenvalue weighted by molar-refractivity contribution is -0.114. The summed E-state index contributed by atoms with van der Waals surface area (Å²) < 4.78 is 57.7. The van der Waals surface area contributed by atoms with Crippen molar-refractivity contribution in [1.29, 1.82) is 0 Å². The Labute approximate surface area is 207 Å². The zero-order valence-corrected chi connectivity index (χ0v) is 20.3. The SMILES string of the molecule is COC(=O)c1ccc(C)c(NC(=O)CN(c2cccc(F)c2)S(=O)(=O)c2ccc3c(c2)OCCO3)c1. The number of ether oxygens (including phenoxy) is 3. The van der Waals surface area contributed by atoms with E-state index in [2.05, 4.69) is 5.32 Å². The third kappa shape index (κ3) is 5.25. The molecule has 1 aliphatic rings. The Morgan fingerprint density at radius 2 is 1.78 bits per heavy atom. The monoisotopic (exact) mass is 514 g/mol. The van der Waals surface area contributed by atoms with Gasteiger partial charge >= 0.3 is 5.97 Å². The summed E-state index contributed by atoms with van der Waals surface area (Å²) in [6.07, 6.45) is 0. The van der Waals surface area contributed by atoms with Crippen LogP contribution in [0.3, 0.4) is 0 Å². The van der Waals surface area contributed by atoms with E-state index in [9.17, 15) is 22.4 Å². The Hall–Kier alpha value is -4.12. The fraction of sp³-hybridized carbons (Fsp3) is 0.200. The highest BCUT2D eigenvalue weighted by atomic mass is 32.2. The molecule has 1 amide bonds. The molecular weight excluding hydrogens is 491 g/mol. The molecule has 1 aliphatic heterocycles. The minimum Gasteiger partial charge on any atom is -0.486 e. The van der Waals surface area contributed by atoms with Crippen LogP contribution in [-0.2, 0) is 19.6 Å². The molecule has 0 spiro atoms. The second-order valence-electron chi connectivity index (χ2n) is 7.87. The van der Waals surface area contributed by atoms with E-state index in [-0.39, 0.29) is 28.5 Å². The van der Waals surface area contributed by atoms with Crippen LogP contribution in [0.15, 0.2) is 65.6 Å². The lowest BCUT2D eigenvalue weighted by Crippen LogP contribution is -2.38. The minimum atomic E-state index is -4.33. The summed E-state index contributed by atoms with van der Waals surface area (Å²) in [6.45, 7) is 1.65. The average molecular weight is 515 g/mol. The summed E-state index contributed by atoms with van der Waals surface area (Å²) >= 11 is 0. The third-order valence-electron chi connectivity index (χ3n) is 5.42. The molecule has 0 saturated heterocycles. The number of carbonyl (C=O) groups excluding carboxylic acids is 2. The quantitative estimate of drug-likeness (QED) is 0.480. The topological polar surface area (TPSA) is 111 Å². The smallest absolute Gasteiger partial charge is 0.337 e. The van der Waals surface area contributed by atoms with Crippen LogP contribution in [-0.4, -0.2) is 47.2 Å². The normalized spacial score (nSPS) is 12.5. The largest absolute Gasteiger partial charge is 0.486 e. The summed E-state index contributed by atoms with van der Waals surface area (Å²) in [6, 6.07) is 13.6. The second kappa shape index (κ2) is 10.2. The Bertz CT molecular complexity index is 1430. The van der Waals surface area contributed by atoms with E-state index in [1.165, 1.54) is 49.6 Å². The Morgan fingerprint density at radius 3 is 2.50 bits per heavy atom. The van der Waals surface area contributed by atoms with Crippen LogP contribution in [0.25, 0.3) is 0 Å². The first-order valence-electron chi connectivity index (χ1n) is 10.9. The van der Waals surface area contributed by atoms with E-state index < -0.39 is 34.3 Å². The molecule has 36 heavy (non-hydrogen) atoms. The highest BCUT2D eigenvalue weighted by molar-refractivity contribution is 7.92. The van der Waals surface area contributed by atoms with Crippen LogP contribution in [0.1, 0.15) is 15.9 Å². The number of esters is 1. The first-order valence-corrected chi connectivity index (χ1v) is 12.3. The molecule has 0 fully saturated rings. The number of rotatable bonds is 7. The molecule has 0 atom stereocenters. The molecule has 4 rings (SSSR count). The predicted molar refractivity (Wildman–Crippen MR) is 130 cm³/mol. The lowest BCUT2D eigenvalue weighted by Gasteiger charge is -2.25. The molecule has 9 nitrogen and oxygen atoms in total. The van der Waals surface area contributed by atoms with Crippen LogP contribution in [0.5, 0.6) is 11.5 Å². The van der Waals surface area contributed by atoms with Crippen molar-refractivity contribution in [3.8, 4) is 11.5 Å².